The lowest BCUT2D eigenvalue weighted by Crippen LogP contribution is -2.48. The van der Waals surface area contributed by atoms with Gasteiger partial charge in [0.05, 0.1) is 25.9 Å². The van der Waals surface area contributed by atoms with Crippen molar-refractivity contribution in [2.45, 2.75) is 26.2 Å². The van der Waals surface area contributed by atoms with Crippen LogP contribution in [0.25, 0.3) is 0 Å². The molecule has 8 nitrogen and oxygen atoms in total. The lowest BCUT2D eigenvalue weighted by atomic mass is 10.2. The Bertz CT molecular complexity index is 1050. The molecule has 34 heavy (non-hydrogen) atoms. The van der Waals surface area contributed by atoms with Crippen LogP contribution in [0.5, 0.6) is 0 Å². The second-order valence-electron chi connectivity index (χ2n) is 8.68. The van der Waals surface area contributed by atoms with E-state index in [2.05, 4.69) is 20.1 Å². The fourth-order valence-electron chi connectivity index (χ4n) is 3.96. The number of aliphatic hydroxyl groups excluding tert-OH is 1. The van der Waals surface area contributed by atoms with Crippen LogP contribution >= 0.6 is 0 Å². The molecule has 1 amide bonds. The lowest BCUT2D eigenvalue weighted by Gasteiger charge is -2.34. The fourth-order valence-corrected chi connectivity index (χ4v) is 3.96. The van der Waals surface area contributed by atoms with E-state index in [1.807, 2.05) is 61.5 Å². The van der Waals surface area contributed by atoms with E-state index in [0.717, 1.165) is 43.0 Å². The Morgan fingerprint density at radius 3 is 2.65 bits per heavy atom. The van der Waals surface area contributed by atoms with Crippen molar-refractivity contribution in [3.63, 3.8) is 0 Å². The molecule has 0 aliphatic carbocycles. The van der Waals surface area contributed by atoms with Crippen LogP contribution < -0.4 is 5.32 Å². The monoisotopic (exact) mass is 464 g/mol. The van der Waals surface area contributed by atoms with Crippen molar-refractivity contribution in [1.29, 1.82) is 0 Å². The maximum atomic E-state index is 12.4. The van der Waals surface area contributed by atoms with Gasteiger partial charge in [0.2, 0.25) is 5.89 Å². The van der Waals surface area contributed by atoms with Crippen LogP contribution in [0.2, 0.25) is 0 Å². The van der Waals surface area contributed by atoms with E-state index >= 15 is 0 Å². The van der Waals surface area contributed by atoms with Gasteiger partial charge in [-0.3, -0.25) is 14.6 Å². The Labute approximate surface area is 200 Å². The Morgan fingerprint density at radius 1 is 1.12 bits per heavy atom. The van der Waals surface area contributed by atoms with Gasteiger partial charge in [0.1, 0.15) is 6.26 Å². The average molecular weight is 465 g/mol. The third kappa shape index (κ3) is 7.23. The van der Waals surface area contributed by atoms with Gasteiger partial charge in [-0.05, 0) is 30.2 Å². The first kappa shape index (κ1) is 24.1. The van der Waals surface area contributed by atoms with E-state index in [9.17, 15) is 9.90 Å². The van der Waals surface area contributed by atoms with Gasteiger partial charge in [-0.1, -0.05) is 42.5 Å². The third-order valence-corrected chi connectivity index (χ3v) is 5.77. The number of β-amino-alcohol motifs (C(OH)–C–C–N with tert-alkyl or cyclic N) is 1. The van der Waals surface area contributed by atoms with Gasteiger partial charge >= 0.3 is 0 Å². The molecule has 180 valence electrons. The molecular formula is C26H32N4O4. The summed E-state index contributed by atoms with van der Waals surface area (Å²) in [4.78, 5) is 21.3. The number of hydrogen-bond acceptors (Lipinski definition) is 7. The Balaban J connectivity index is 1.16. The van der Waals surface area contributed by atoms with Gasteiger partial charge in [-0.25, -0.2) is 4.98 Å². The molecule has 1 saturated heterocycles. The molecule has 0 unspecified atom stereocenters. The number of aryl methyl sites for hydroxylation is 1. The number of rotatable bonds is 10. The smallest absolute Gasteiger partial charge is 0.277 e. The van der Waals surface area contributed by atoms with Crippen molar-refractivity contribution in [1.82, 2.24) is 14.8 Å². The van der Waals surface area contributed by atoms with Crippen LogP contribution in [-0.2, 0) is 17.9 Å². The number of nitrogens with one attached hydrogen (secondary N) is 1. The predicted molar refractivity (Wildman–Crippen MR) is 129 cm³/mol. The molecule has 1 aromatic heterocycles. The number of piperazine rings is 1. The molecular weight excluding hydrogens is 432 g/mol. The second kappa shape index (κ2) is 11.9. The van der Waals surface area contributed by atoms with Crippen molar-refractivity contribution in [3.8, 4) is 0 Å². The first-order valence-corrected chi connectivity index (χ1v) is 11.6. The molecule has 0 radical (unpaired) electrons. The number of oxazole rings is 1. The average Bonchev–Trinajstić information content (AvgIpc) is 3.30. The van der Waals surface area contributed by atoms with Crippen molar-refractivity contribution in [3.05, 3.63) is 83.6 Å². The van der Waals surface area contributed by atoms with Crippen LogP contribution in [0, 0.1) is 6.92 Å². The highest BCUT2D eigenvalue weighted by Gasteiger charge is 2.21. The quantitative estimate of drug-likeness (QED) is 0.477. The summed E-state index contributed by atoms with van der Waals surface area (Å²) in [6.07, 6.45) is 0.888. The fraction of sp³-hybridized carbons (Fsp3) is 0.385. The highest BCUT2D eigenvalue weighted by atomic mass is 16.5. The standard InChI is InChI=1S/C26H32N4O4/c1-20-6-5-9-22(14-20)27-26(32)24-19-34-25(28-24)16-30-12-10-29(11-13-30)15-23(31)18-33-17-21-7-3-2-4-8-21/h2-9,14,19,23,31H,10-13,15-18H2,1H3,(H,27,32)/t23-/m0/s1. The molecule has 0 saturated carbocycles. The summed E-state index contributed by atoms with van der Waals surface area (Å²) in [6, 6.07) is 17.6. The molecule has 2 N–H and O–H groups in total. The molecule has 1 aliphatic heterocycles. The van der Waals surface area contributed by atoms with Crippen LogP contribution in [0.3, 0.4) is 0 Å². The molecule has 2 aromatic carbocycles. The molecule has 1 aliphatic rings. The molecule has 0 bridgehead atoms. The third-order valence-electron chi connectivity index (χ3n) is 5.77. The first-order valence-electron chi connectivity index (χ1n) is 11.6. The highest BCUT2D eigenvalue weighted by molar-refractivity contribution is 6.02. The van der Waals surface area contributed by atoms with E-state index in [1.165, 1.54) is 6.26 Å². The number of benzene rings is 2. The number of amides is 1. The minimum absolute atomic E-state index is 0.272. The van der Waals surface area contributed by atoms with Gasteiger partial charge in [0.15, 0.2) is 5.69 Å². The summed E-state index contributed by atoms with van der Waals surface area (Å²) in [5, 5.41) is 13.2. The predicted octanol–water partition coefficient (Wildman–Crippen LogP) is 2.93. The number of aromatic nitrogens is 1. The molecule has 4 rings (SSSR count). The van der Waals surface area contributed by atoms with Crippen LogP contribution in [0.15, 0.2) is 65.3 Å². The van der Waals surface area contributed by atoms with Crippen molar-refractivity contribution in [2.75, 3.05) is 44.6 Å². The van der Waals surface area contributed by atoms with Crippen molar-refractivity contribution < 1.29 is 19.1 Å². The minimum atomic E-state index is -0.517. The number of anilines is 1. The molecule has 1 fully saturated rings. The van der Waals surface area contributed by atoms with Crippen LogP contribution in [0.1, 0.15) is 27.5 Å². The normalized spacial score (nSPS) is 15.8. The van der Waals surface area contributed by atoms with Gasteiger partial charge < -0.3 is 19.6 Å². The van der Waals surface area contributed by atoms with Gasteiger partial charge in [-0.2, -0.15) is 0 Å². The maximum Gasteiger partial charge on any atom is 0.277 e. The second-order valence-corrected chi connectivity index (χ2v) is 8.68. The Morgan fingerprint density at radius 2 is 1.88 bits per heavy atom. The largest absolute Gasteiger partial charge is 0.447 e. The van der Waals surface area contributed by atoms with E-state index in [4.69, 9.17) is 9.15 Å². The number of aliphatic hydroxyl groups is 1. The number of hydrogen-bond donors (Lipinski definition) is 2. The number of nitrogens with zero attached hydrogens (tertiary/aromatic N) is 3. The number of carbonyl (C=O) groups excluding carboxylic acids is 1. The minimum Gasteiger partial charge on any atom is -0.447 e. The summed E-state index contributed by atoms with van der Waals surface area (Å²) in [7, 11) is 0. The van der Waals surface area contributed by atoms with Crippen molar-refractivity contribution in [2.24, 2.45) is 0 Å². The van der Waals surface area contributed by atoms with Gasteiger partial charge in [0, 0.05) is 38.4 Å². The maximum absolute atomic E-state index is 12.4. The first-order chi connectivity index (χ1) is 16.5. The number of ether oxygens (including phenoxy) is 1. The van der Waals surface area contributed by atoms with Crippen LogP contribution in [-0.4, -0.2) is 71.2 Å². The SMILES string of the molecule is Cc1cccc(NC(=O)c2coc(CN3CCN(C[C@H](O)COCc4ccccc4)CC3)n2)c1. The topological polar surface area (TPSA) is 91.1 Å². The summed E-state index contributed by atoms with van der Waals surface area (Å²) >= 11 is 0. The van der Waals surface area contributed by atoms with Gasteiger partial charge in [0.25, 0.3) is 5.91 Å². The summed E-state index contributed by atoms with van der Waals surface area (Å²) in [5.74, 6) is 0.242. The molecule has 3 aromatic rings. The summed E-state index contributed by atoms with van der Waals surface area (Å²) in [5.41, 5.74) is 3.18. The zero-order valence-corrected chi connectivity index (χ0v) is 19.5. The van der Waals surface area contributed by atoms with E-state index < -0.39 is 6.10 Å². The van der Waals surface area contributed by atoms with Crippen LogP contribution in [0.4, 0.5) is 5.69 Å². The lowest BCUT2D eigenvalue weighted by molar-refractivity contribution is 0.000371. The Kier molecular flexibility index (Phi) is 8.43. The molecule has 2 heterocycles. The van der Waals surface area contributed by atoms with E-state index in [1.54, 1.807) is 0 Å². The Hall–Kier alpha value is -3.04. The zero-order valence-electron chi connectivity index (χ0n) is 19.5. The molecule has 1 atom stereocenters. The summed E-state index contributed by atoms with van der Waals surface area (Å²) < 4.78 is 11.2. The van der Waals surface area contributed by atoms with Crippen molar-refractivity contribution >= 4 is 11.6 Å². The highest BCUT2D eigenvalue weighted by Crippen LogP contribution is 2.13. The van der Waals surface area contributed by atoms with E-state index in [-0.39, 0.29) is 11.6 Å². The van der Waals surface area contributed by atoms with E-state index in [0.29, 0.717) is 32.2 Å². The molecule has 0 spiro atoms. The molecule has 8 heteroatoms. The number of carbonyl (C=O) groups is 1. The summed E-state index contributed by atoms with van der Waals surface area (Å²) in [6.45, 7) is 7.30. The zero-order chi connectivity index (χ0) is 23.8. The van der Waals surface area contributed by atoms with Gasteiger partial charge in [-0.15, -0.1) is 0 Å².